The summed E-state index contributed by atoms with van der Waals surface area (Å²) in [5.74, 6) is 1.64. The first-order valence-corrected chi connectivity index (χ1v) is 9.91. The highest BCUT2D eigenvalue weighted by Crippen LogP contribution is 2.54. The summed E-state index contributed by atoms with van der Waals surface area (Å²) in [6.07, 6.45) is 11.0. The van der Waals surface area contributed by atoms with Gasteiger partial charge < -0.3 is 4.74 Å². The Morgan fingerprint density at radius 3 is 2.44 bits per heavy atom. The molecule has 0 saturated heterocycles. The molecule has 1 atom stereocenters. The molecule has 0 radical (unpaired) electrons. The van der Waals surface area contributed by atoms with Gasteiger partial charge in [0.05, 0.1) is 0 Å². The Kier molecular flexibility index (Phi) is 4.65. The molecule has 1 nitrogen and oxygen atoms in total. The zero-order valence-corrected chi connectivity index (χ0v) is 15.2. The van der Waals surface area contributed by atoms with Gasteiger partial charge in [0.1, 0.15) is 5.76 Å². The number of benzene rings is 2. The van der Waals surface area contributed by atoms with E-state index >= 15 is 0 Å². The van der Waals surface area contributed by atoms with E-state index in [2.05, 4.69) is 67.6 Å². The Balaban J connectivity index is 1.89. The van der Waals surface area contributed by atoms with Crippen LogP contribution < -0.4 is 0 Å². The quantitative estimate of drug-likeness (QED) is 0.606. The first-order valence-electron chi connectivity index (χ1n) is 9.91. The number of hydrogen-bond donors (Lipinski definition) is 0. The number of ether oxygens (including phenoxy) is 1. The second kappa shape index (κ2) is 7.07. The summed E-state index contributed by atoms with van der Waals surface area (Å²) in [4.78, 5) is 0. The Morgan fingerprint density at radius 2 is 1.68 bits per heavy atom. The summed E-state index contributed by atoms with van der Waals surface area (Å²) in [5, 5.41) is 0. The van der Waals surface area contributed by atoms with Crippen molar-refractivity contribution in [2.75, 3.05) is 0 Å². The Morgan fingerprint density at radius 1 is 0.960 bits per heavy atom. The van der Waals surface area contributed by atoms with Crippen LogP contribution in [0.5, 0.6) is 0 Å². The molecule has 25 heavy (non-hydrogen) atoms. The number of unbranched alkanes of at least 4 members (excludes halogenated alkanes) is 1. The predicted molar refractivity (Wildman–Crippen MR) is 104 cm³/mol. The van der Waals surface area contributed by atoms with E-state index in [1.54, 1.807) is 0 Å². The van der Waals surface area contributed by atoms with E-state index in [4.69, 9.17) is 4.74 Å². The van der Waals surface area contributed by atoms with Gasteiger partial charge in [-0.25, -0.2) is 0 Å². The normalized spacial score (nSPS) is 24.9. The highest BCUT2D eigenvalue weighted by Gasteiger charge is 2.50. The van der Waals surface area contributed by atoms with Crippen LogP contribution in [-0.2, 0) is 10.3 Å². The molecule has 1 aliphatic carbocycles. The van der Waals surface area contributed by atoms with Gasteiger partial charge in [-0.15, -0.1) is 0 Å². The monoisotopic (exact) mass is 332 g/mol. The first kappa shape index (κ1) is 16.4. The third-order valence-electron chi connectivity index (χ3n) is 5.86. The zero-order valence-electron chi connectivity index (χ0n) is 15.2. The molecular weight excluding hydrogens is 304 g/mol. The largest absolute Gasteiger partial charge is 0.477 e. The van der Waals surface area contributed by atoms with Crippen LogP contribution in [-0.4, -0.2) is 0 Å². The third kappa shape index (κ3) is 2.80. The molecule has 1 heteroatoms. The minimum atomic E-state index is -0.308. The zero-order chi connectivity index (χ0) is 17.1. The van der Waals surface area contributed by atoms with Gasteiger partial charge in [-0.1, -0.05) is 87.2 Å². The van der Waals surface area contributed by atoms with Crippen LogP contribution in [0.2, 0.25) is 0 Å². The third-order valence-corrected chi connectivity index (χ3v) is 5.86. The molecule has 0 amide bonds. The molecule has 2 aromatic carbocycles. The van der Waals surface area contributed by atoms with E-state index < -0.39 is 0 Å². The molecular formula is C24H28O. The maximum Gasteiger partial charge on any atom is 0.162 e. The van der Waals surface area contributed by atoms with Crippen molar-refractivity contribution in [3.8, 4) is 0 Å². The molecule has 0 spiro atoms. The van der Waals surface area contributed by atoms with Gasteiger partial charge in [0.15, 0.2) is 5.60 Å². The van der Waals surface area contributed by atoms with Crippen LogP contribution in [0.3, 0.4) is 0 Å². The Hall–Kier alpha value is -2.02. The minimum Gasteiger partial charge on any atom is -0.477 e. The minimum absolute atomic E-state index is 0.308. The van der Waals surface area contributed by atoms with E-state index in [0.717, 1.165) is 18.6 Å². The van der Waals surface area contributed by atoms with Crippen molar-refractivity contribution >= 4 is 5.76 Å². The maximum atomic E-state index is 6.91. The molecule has 1 aliphatic heterocycles. The molecule has 1 fully saturated rings. The lowest BCUT2D eigenvalue weighted by Gasteiger charge is -2.40. The van der Waals surface area contributed by atoms with E-state index in [1.807, 2.05) is 0 Å². The SMILES string of the molecule is CCCC=C1OC(c2ccccc2)(C2CCCCC2)c2ccccc21. The molecule has 0 N–H and O–H groups in total. The van der Waals surface area contributed by atoms with Crippen LogP contribution in [0.4, 0.5) is 0 Å². The van der Waals surface area contributed by atoms with Crippen LogP contribution in [0.1, 0.15) is 68.6 Å². The number of rotatable bonds is 4. The van der Waals surface area contributed by atoms with Crippen molar-refractivity contribution in [3.63, 3.8) is 0 Å². The number of hydrogen-bond acceptors (Lipinski definition) is 1. The fourth-order valence-electron chi connectivity index (χ4n) is 4.68. The molecule has 1 saturated carbocycles. The molecule has 0 bridgehead atoms. The van der Waals surface area contributed by atoms with Crippen LogP contribution in [0, 0.1) is 5.92 Å². The van der Waals surface area contributed by atoms with Crippen molar-refractivity contribution in [3.05, 3.63) is 77.4 Å². The van der Waals surface area contributed by atoms with Gasteiger partial charge in [0, 0.05) is 22.6 Å². The lowest BCUT2D eigenvalue weighted by Crippen LogP contribution is -2.37. The smallest absolute Gasteiger partial charge is 0.162 e. The summed E-state index contributed by atoms with van der Waals surface area (Å²) in [7, 11) is 0. The van der Waals surface area contributed by atoms with Gasteiger partial charge in [-0.2, -0.15) is 0 Å². The highest BCUT2D eigenvalue weighted by molar-refractivity contribution is 5.71. The van der Waals surface area contributed by atoms with Gasteiger partial charge in [-0.3, -0.25) is 0 Å². The van der Waals surface area contributed by atoms with Crippen LogP contribution >= 0.6 is 0 Å². The van der Waals surface area contributed by atoms with Crippen LogP contribution in [0.25, 0.3) is 5.76 Å². The standard InChI is InChI=1S/C24H28O/c1-2-3-18-23-21-16-10-11-17-22(21)24(25-23,19-12-6-4-7-13-19)20-14-8-5-9-15-20/h4,6-7,10-13,16-18,20H,2-3,5,8-9,14-15H2,1H3. The Bertz CT molecular complexity index is 740. The molecule has 1 unspecified atom stereocenters. The molecule has 2 aromatic rings. The summed E-state index contributed by atoms with van der Waals surface area (Å²) >= 11 is 0. The second-order valence-corrected chi connectivity index (χ2v) is 7.44. The summed E-state index contributed by atoms with van der Waals surface area (Å²) in [6.45, 7) is 2.23. The predicted octanol–water partition coefficient (Wildman–Crippen LogP) is 6.68. The molecule has 4 rings (SSSR count). The highest BCUT2D eigenvalue weighted by atomic mass is 16.5. The molecule has 0 aromatic heterocycles. The fraction of sp³-hybridized carbons (Fsp3) is 0.417. The second-order valence-electron chi connectivity index (χ2n) is 7.44. The van der Waals surface area contributed by atoms with Crippen molar-refractivity contribution in [2.45, 2.75) is 57.5 Å². The van der Waals surface area contributed by atoms with E-state index in [0.29, 0.717) is 5.92 Å². The van der Waals surface area contributed by atoms with Crippen LogP contribution in [0.15, 0.2) is 60.7 Å². The molecule has 130 valence electrons. The van der Waals surface area contributed by atoms with Crippen molar-refractivity contribution < 1.29 is 4.74 Å². The lowest BCUT2D eigenvalue weighted by molar-refractivity contribution is 0.0126. The fourth-order valence-corrected chi connectivity index (χ4v) is 4.68. The van der Waals surface area contributed by atoms with Gasteiger partial charge >= 0.3 is 0 Å². The van der Waals surface area contributed by atoms with E-state index in [1.165, 1.54) is 48.8 Å². The molecule has 1 heterocycles. The van der Waals surface area contributed by atoms with Gasteiger partial charge in [0.25, 0.3) is 0 Å². The number of allylic oxidation sites excluding steroid dienone is 1. The average Bonchev–Trinajstić information content (AvgIpc) is 3.03. The summed E-state index contributed by atoms with van der Waals surface area (Å²) in [6, 6.07) is 19.8. The number of fused-ring (bicyclic) bond motifs is 1. The average molecular weight is 332 g/mol. The van der Waals surface area contributed by atoms with Crippen molar-refractivity contribution in [2.24, 2.45) is 5.92 Å². The van der Waals surface area contributed by atoms with Crippen molar-refractivity contribution in [1.82, 2.24) is 0 Å². The summed E-state index contributed by atoms with van der Waals surface area (Å²) < 4.78 is 6.91. The van der Waals surface area contributed by atoms with E-state index in [9.17, 15) is 0 Å². The van der Waals surface area contributed by atoms with Gasteiger partial charge in [0.2, 0.25) is 0 Å². The van der Waals surface area contributed by atoms with Crippen molar-refractivity contribution in [1.29, 1.82) is 0 Å². The van der Waals surface area contributed by atoms with E-state index in [-0.39, 0.29) is 5.60 Å². The topological polar surface area (TPSA) is 9.23 Å². The maximum absolute atomic E-state index is 6.91. The van der Waals surface area contributed by atoms with Gasteiger partial charge in [-0.05, 0) is 25.3 Å². The molecule has 2 aliphatic rings. The Labute approximate surface area is 151 Å². The summed E-state index contributed by atoms with van der Waals surface area (Å²) in [5.41, 5.74) is 3.67. The first-order chi connectivity index (χ1) is 12.4. The lowest BCUT2D eigenvalue weighted by atomic mass is 9.70.